The maximum Gasteiger partial charge on any atom is 0.274 e. The van der Waals surface area contributed by atoms with E-state index in [1.165, 1.54) is 4.68 Å². The number of carbonyl (C=O) groups is 1. The summed E-state index contributed by atoms with van der Waals surface area (Å²) in [4.78, 5) is 25.8. The van der Waals surface area contributed by atoms with Crippen molar-refractivity contribution in [3.63, 3.8) is 0 Å². The molecule has 0 atom stereocenters. The van der Waals surface area contributed by atoms with Gasteiger partial charge in [-0.2, -0.15) is 5.10 Å². The predicted octanol–water partition coefficient (Wildman–Crippen LogP) is 3.26. The van der Waals surface area contributed by atoms with E-state index in [9.17, 15) is 9.59 Å². The van der Waals surface area contributed by atoms with Crippen LogP contribution in [0.5, 0.6) is 11.5 Å². The molecule has 0 aliphatic rings. The molecule has 1 aromatic heterocycles. The van der Waals surface area contributed by atoms with E-state index in [2.05, 4.69) is 10.4 Å². The van der Waals surface area contributed by atoms with Gasteiger partial charge in [0.25, 0.3) is 11.5 Å². The molecule has 0 bridgehead atoms. The normalized spacial score (nSPS) is 10.7. The minimum Gasteiger partial charge on any atom is -0.497 e. The maximum atomic E-state index is 12.9. The third-order valence-corrected chi connectivity index (χ3v) is 4.97. The fourth-order valence-corrected chi connectivity index (χ4v) is 3.36. The molecular weight excluding hydrogens is 406 g/mol. The molecule has 1 amide bonds. The van der Waals surface area contributed by atoms with Gasteiger partial charge in [0.2, 0.25) is 0 Å². The van der Waals surface area contributed by atoms with Crippen LogP contribution in [-0.2, 0) is 6.54 Å². The number of benzene rings is 3. The third kappa shape index (κ3) is 4.78. The van der Waals surface area contributed by atoms with Crippen LogP contribution in [0.1, 0.15) is 16.1 Å². The molecule has 1 heterocycles. The van der Waals surface area contributed by atoms with Gasteiger partial charge in [-0.25, -0.2) is 4.68 Å². The van der Waals surface area contributed by atoms with Crippen LogP contribution in [0.15, 0.2) is 83.7 Å². The van der Waals surface area contributed by atoms with Crippen LogP contribution in [0.25, 0.3) is 10.8 Å². The van der Waals surface area contributed by atoms with Crippen molar-refractivity contribution >= 4 is 16.7 Å². The number of carbonyl (C=O) groups excluding carboxylic acids is 1. The van der Waals surface area contributed by atoms with E-state index in [1.807, 2.05) is 30.3 Å². The highest BCUT2D eigenvalue weighted by atomic mass is 16.5. The number of fused-ring (bicyclic) bond motifs is 1. The molecule has 0 radical (unpaired) electrons. The molecule has 0 fully saturated rings. The van der Waals surface area contributed by atoms with Gasteiger partial charge in [0, 0.05) is 5.39 Å². The fourth-order valence-electron chi connectivity index (χ4n) is 3.36. The smallest absolute Gasteiger partial charge is 0.274 e. The lowest BCUT2D eigenvalue weighted by atomic mass is 10.1. The summed E-state index contributed by atoms with van der Waals surface area (Å²) in [7, 11) is 1.60. The molecule has 3 aromatic carbocycles. The maximum absolute atomic E-state index is 12.9. The fraction of sp³-hybridized carbons (Fsp3) is 0.160. The molecule has 32 heavy (non-hydrogen) atoms. The van der Waals surface area contributed by atoms with Crippen molar-refractivity contribution < 1.29 is 14.3 Å². The van der Waals surface area contributed by atoms with Gasteiger partial charge in [-0.05, 0) is 35.9 Å². The van der Waals surface area contributed by atoms with E-state index in [1.54, 1.807) is 55.6 Å². The lowest BCUT2D eigenvalue weighted by Gasteiger charge is -2.12. The van der Waals surface area contributed by atoms with Gasteiger partial charge in [-0.1, -0.05) is 48.5 Å². The van der Waals surface area contributed by atoms with Gasteiger partial charge in [0.05, 0.1) is 25.6 Å². The number of nitrogens with one attached hydrogen (secondary N) is 1. The van der Waals surface area contributed by atoms with Crippen LogP contribution in [0.3, 0.4) is 0 Å². The lowest BCUT2D eigenvalue weighted by Crippen LogP contribution is -2.33. The molecule has 7 nitrogen and oxygen atoms in total. The minimum absolute atomic E-state index is 0.209. The van der Waals surface area contributed by atoms with Crippen molar-refractivity contribution in [1.82, 2.24) is 15.1 Å². The topological polar surface area (TPSA) is 82.4 Å². The van der Waals surface area contributed by atoms with Crippen molar-refractivity contribution in [2.24, 2.45) is 0 Å². The van der Waals surface area contributed by atoms with Crippen molar-refractivity contribution in [3.8, 4) is 11.5 Å². The van der Waals surface area contributed by atoms with Crippen LogP contribution >= 0.6 is 0 Å². The molecule has 4 aromatic rings. The number of ether oxygens (including phenoxy) is 2. The zero-order chi connectivity index (χ0) is 22.3. The summed E-state index contributed by atoms with van der Waals surface area (Å²) in [6, 6.07) is 23.8. The van der Waals surface area contributed by atoms with E-state index >= 15 is 0 Å². The Morgan fingerprint density at radius 3 is 2.28 bits per heavy atom. The highest BCUT2D eigenvalue weighted by Gasteiger charge is 2.16. The lowest BCUT2D eigenvalue weighted by molar-refractivity contribution is 0.0941. The first-order valence-electron chi connectivity index (χ1n) is 10.2. The minimum atomic E-state index is -0.360. The van der Waals surface area contributed by atoms with Gasteiger partial charge < -0.3 is 14.8 Å². The average Bonchev–Trinajstić information content (AvgIpc) is 2.84. The Morgan fingerprint density at radius 1 is 0.906 bits per heavy atom. The van der Waals surface area contributed by atoms with Crippen LogP contribution < -0.4 is 20.3 Å². The molecule has 7 heteroatoms. The Hall–Kier alpha value is -4.13. The standard InChI is InChI=1S/C25H23N3O4/c1-31-19-11-13-20(14-12-19)32-16-15-26-24(29)23-21-9-5-6-10-22(21)25(30)28(27-23)17-18-7-3-2-4-8-18/h2-14H,15-17H2,1H3,(H,26,29). The van der Waals surface area contributed by atoms with E-state index in [-0.39, 0.29) is 23.7 Å². The summed E-state index contributed by atoms with van der Waals surface area (Å²) in [5.41, 5.74) is 0.904. The first-order chi connectivity index (χ1) is 15.7. The molecule has 0 saturated carbocycles. The van der Waals surface area contributed by atoms with Crippen molar-refractivity contribution in [2.75, 3.05) is 20.3 Å². The van der Waals surface area contributed by atoms with Gasteiger partial charge in [0.15, 0.2) is 5.69 Å². The Kier molecular flexibility index (Phi) is 6.46. The Morgan fingerprint density at radius 2 is 1.56 bits per heavy atom. The van der Waals surface area contributed by atoms with E-state index in [0.717, 1.165) is 11.3 Å². The number of nitrogens with zero attached hydrogens (tertiary/aromatic N) is 2. The van der Waals surface area contributed by atoms with Crippen molar-refractivity contribution in [2.45, 2.75) is 6.54 Å². The van der Waals surface area contributed by atoms with Crippen LogP contribution in [0.4, 0.5) is 0 Å². The third-order valence-electron chi connectivity index (χ3n) is 4.97. The zero-order valence-corrected chi connectivity index (χ0v) is 17.7. The number of hydrogen-bond acceptors (Lipinski definition) is 5. The SMILES string of the molecule is COc1ccc(OCCNC(=O)c2nn(Cc3ccccc3)c(=O)c3ccccc23)cc1. The van der Waals surface area contributed by atoms with E-state index < -0.39 is 0 Å². The van der Waals surface area contributed by atoms with Gasteiger partial charge in [-0.3, -0.25) is 9.59 Å². The van der Waals surface area contributed by atoms with Gasteiger partial charge >= 0.3 is 0 Å². The first kappa shape index (κ1) is 21.1. The summed E-state index contributed by atoms with van der Waals surface area (Å²) < 4.78 is 12.1. The molecule has 162 valence electrons. The summed E-state index contributed by atoms with van der Waals surface area (Å²) >= 11 is 0. The Bertz CT molecular complexity index is 1270. The second kappa shape index (κ2) is 9.78. The molecular formula is C25H23N3O4. The molecule has 0 aliphatic carbocycles. The Labute approximate surface area is 185 Å². The molecule has 0 spiro atoms. The second-order valence-corrected chi connectivity index (χ2v) is 7.12. The van der Waals surface area contributed by atoms with Gasteiger partial charge in [-0.15, -0.1) is 0 Å². The van der Waals surface area contributed by atoms with Crippen molar-refractivity contribution in [1.29, 1.82) is 0 Å². The van der Waals surface area contributed by atoms with Crippen LogP contribution in [0, 0.1) is 0 Å². The highest BCUT2D eigenvalue weighted by Crippen LogP contribution is 2.17. The first-order valence-corrected chi connectivity index (χ1v) is 10.2. The van der Waals surface area contributed by atoms with Crippen molar-refractivity contribution in [3.05, 3.63) is 100 Å². The molecule has 4 rings (SSSR count). The molecule has 0 aliphatic heterocycles. The summed E-state index contributed by atoms with van der Waals surface area (Å²) in [5, 5.41) is 8.20. The van der Waals surface area contributed by atoms with E-state index in [4.69, 9.17) is 9.47 Å². The molecule has 0 unspecified atom stereocenters. The number of aromatic nitrogens is 2. The quantitative estimate of drug-likeness (QED) is 0.435. The largest absolute Gasteiger partial charge is 0.497 e. The monoisotopic (exact) mass is 429 g/mol. The summed E-state index contributed by atoms with van der Waals surface area (Å²) in [5.74, 6) is 1.07. The van der Waals surface area contributed by atoms with E-state index in [0.29, 0.717) is 29.7 Å². The molecule has 1 N–H and O–H groups in total. The number of methoxy groups -OCH3 is 1. The molecule has 0 saturated heterocycles. The highest BCUT2D eigenvalue weighted by molar-refractivity contribution is 6.04. The summed E-state index contributed by atoms with van der Waals surface area (Å²) in [6.07, 6.45) is 0. The summed E-state index contributed by atoms with van der Waals surface area (Å²) in [6.45, 7) is 0.865. The number of amides is 1. The Balaban J connectivity index is 1.49. The number of hydrogen-bond donors (Lipinski definition) is 1. The van der Waals surface area contributed by atoms with Gasteiger partial charge in [0.1, 0.15) is 18.1 Å². The average molecular weight is 429 g/mol. The van der Waals surface area contributed by atoms with Crippen LogP contribution in [0.2, 0.25) is 0 Å². The van der Waals surface area contributed by atoms with Crippen LogP contribution in [-0.4, -0.2) is 35.9 Å². The second-order valence-electron chi connectivity index (χ2n) is 7.12. The zero-order valence-electron chi connectivity index (χ0n) is 17.7. The predicted molar refractivity (Wildman–Crippen MR) is 122 cm³/mol. The number of rotatable bonds is 8.